The number of unbranched alkanes of at least 4 members (excludes halogenated alkanes) is 1. The highest BCUT2D eigenvalue weighted by molar-refractivity contribution is 5.49. The van der Waals surface area contributed by atoms with Crippen molar-refractivity contribution >= 4 is 5.69 Å². The average Bonchev–Trinajstić information content (AvgIpc) is 3.02. The molecule has 0 amide bonds. The third-order valence-electron chi connectivity index (χ3n) is 4.55. The van der Waals surface area contributed by atoms with E-state index < -0.39 is 0 Å². The van der Waals surface area contributed by atoms with Crippen LogP contribution >= 0.6 is 0 Å². The van der Waals surface area contributed by atoms with E-state index in [4.69, 9.17) is 0 Å². The first-order chi connectivity index (χ1) is 13.1. The summed E-state index contributed by atoms with van der Waals surface area (Å²) in [7, 11) is 0. The molecule has 0 saturated heterocycles. The van der Waals surface area contributed by atoms with Crippen LogP contribution < -0.4 is 5.62 Å². The highest BCUT2D eigenvalue weighted by atomic mass is 15.4. The van der Waals surface area contributed by atoms with Gasteiger partial charge in [-0.1, -0.05) is 54.3 Å². The third kappa shape index (κ3) is 4.42. The number of imidazole rings is 1. The van der Waals surface area contributed by atoms with Gasteiger partial charge >= 0.3 is 0 Å². The van der Waals surface area contributed by atoms with Crippen LogP contribution in [0.5, 0.6) is 0 Å². The summed E-state index contributed by atoms with van der Waals surface area (Å²) in [5.41, 5.74) is 6.45. The molecule has 140 valence electrons. The van der Waals surface area contributed by atoms with Gasteiger partial charge in [-0.15, -0.1) is 5.11 Å². The highest BCUT2D eigenvalue weighted by Crippen LogP contribution is 2.19. The lowest BCUT2D eigenvalue weighted by atomic mass is 10.1. The van der Waals surface area contributed by atoms with Crippen molar-refractivity contribution in [3.8, 4) is 5.69 Å². The lowest BCUT2D eigenvalue weighted by Gasteiger charge is -2.12. The minimum Gasteiger partial charge on any atom is -0.315 e. The molecule has 1 aromatic heterocycles. The van der Waals surface area contributed by atoms with Crippen LogP contribution in [0.4, 0.5) is 5.69 Å². The molecule has 0 aliphatic rings. The molecule has 3 rings (SSSR count). The normalized spacial score (nSPS) is 12.2. The molecule has 2 aromatic carbocycles. The molecule has 27 heavy (non-hydrogen) atoms. The van der Waals surface area contributed by atoms with Gasteiger partial charge < -0.3 is 4.57 Å². The molecular formula is C22H27N5. The Kier molecular flexibility index (Phi) is 6.01. The van der Waals surface area contributed by atoms with E-state index in [-0.39, 0.29) is 0 Å². The zero-order valence-corrected chi connectivity index (χ0v) is 16.6. The summed E-state index contributed by atoms with van der Waals surface area (Å²) in [6, 6.07) is 14.1. The number of rotatable bonds is 6. The molecule has 5 nitrogen and oxygen atoms in total. The van der Waals surface area contributed by atoms with Gasteiger partial charge in [0.2, 0.25) is 5.62 Å². The Labute approximate surface area is 160 Å². The van der Waals surface area contributed by atoms with Crippen LogP contribution in [0.3, 0.4) is 0 Å². The van der Waals surface area contributed by atoms with Gasteiger partial charge in [-0.25, -0.2) is 0 Å². The number of benzene rings is 2. The zero-order chi connectivity index (χ0) is 19.2. The number of hydrogen-bond acceptors (Lipinski definition) is 2. The maximum Gasteiger partial charge on any atom is 0.236 e. The molecule has 0 radical (unpaired) electrons. The molecule has 0 aliphatic heterocycles. The summed E-state index contributed by atoms with van der Waals surface area (Å²) in [5.74, 6) is 0. The SMILES string of the molecule is CCCCn1ccn(-c2c(C)cc(C)cc2C)/c1=N\N=Nc1ccccc1. The molecule has 0 unspecified atom stereocenters. The molecule has 3 aromatic rings. The van der Waals surface area contributed by atoms with Crippen LogP contribution in [0.25, 0.3) is 5.69 Å². The summed E-state index contributed by atoms with van der Waals surface area (Å²) < 4.78 is 4.26. The quantitative estimate of drug-likeness (QED) is 0.405. The molecule has 0 spiro atoms. The third-order valence-corrected chi connectivity index (χ3v) is 4.55. The van der Waals surface area contributed by atoms with Crippen molar-refractivity contribution in [1.29, 1.82) is 0 Å². The van der Waals surface area contributed by atoms with Crippen LogP contribution in [-0.4, -0.2) is 9.13 Å². The fraction of sp³-hybridized carbons (Fsp3) is 0.318. The molecular weight excluding hydrogens is 334 g/mol. The van der Waals surface area contributed by atoms with Crippen LogP contribution in [0.15, 0.2) is 70.3 Å². The van der Waals surface area contributed by atoms with E-state index in [1.54, 1.807) is 0 Å². The van der Waals surface area contributed by atoms with Gasteiger partial charge in [0.05, 0.1) is 11.4 Å². The van der Waals surface area contributed by atoms with Gasteiger partial charge in [-0.3, -0.25) is 4.57 Å². The van der Waals surface area contributed by atoms with Crippen molar-refractivity contribution in [1.82, 2.24) is 9.13 Å². The van der Waals surface area contributed by atoms with Crippen molar-refractivity contribution in [2.24, 2.45) is 15.4 Å². The second-order valence-electron chi connectivity index (χ2n) is 6.89. The van der Waals surface area contributed by atoms with Crippen molar-refractivity contribution in [2.45, 2.75) is 47.1 Å². The number of hydrogen-bond donors (Lipinski definition) is 0. The van der Waals surface area contributed by atoms with E-state index in [9.17, 15) is 0 Å². The predicted molar refractivity (Wildman–Crippen MR) is 109 cm³/mol. The monoisotopic (exact) mass is 361 g/mol. The zero-order valence-electron chi connectivity index (χ0n) is 16.6. The Morgan fingerprint density at radius 3 is 2.30 bits per heavy atom. The fourth-order valence-corrected chi connectivity index (χ4v) is 3.36. The van der Waals surface area contributed by atoms with Crippen LogP contribution in [-0.2, 0) is 6.54 Å². The largest absolute Gasteiger partial charge is 0.315 e. The van der Waals surface area contributed by atoms with Crippen LogP contribution in [0, 0.1) is 20.8 Å². The molecule has 0 saturated carbocycles. The highest BCUT2D eigenvalue weighted by Gasteiger charge is 2.10. The second-order valence-corrected chi connectivity index (χ2v) is 6.89. The molecule has 0 fully saturated rings. The topological polar surface area (TPSA) is 46.9 Å². The van der Waals surface area contributed by atoms with Crippen LogP contribution in [0.2, 0.25) is 0 Å². The number of aryl methyl sites for hydroxylation is 4. The van der Waals surface area contributed by atoms with E-state index in [1.807, 2.05) is 30.3 Å². The van der Waals surface area contributed by atoms with E-state index in [1.165, 1.54) is 16.7 Å². The van der Waals surface area contributed by atoms with Crippen molar-refractivity contribution < 1.29 is 0 Å². The maximum absolute atomic E-state index is 4.48. The first-order valence-electron chi connectivity index (χ1n) is 9.46. The second kappa shape index (κ2) is 8.62. The van der Waals surface area contributed by atoms with E-state index in [2.05, 4.69) is 76.8 Å². The van der Waals surface area contributed by atoms with Crippen molar-refractivity contribution in [3.05, 3.63) is 77.2 Å². The maximum atomic E-state index is 4.48. The minimum atomic E-state index is 0.790. The van der Waals surface area contributed by atoms with Gasteiger partial charge in [0.15, 0.2) is 0 Å². The Hall–Kier alpha value is -2.95. The molecule has 0 N–H and O–H groups in total. The van der Waals surface area contributed by atoms with Crippen molar-refractivity contribution in [3.63, 3.8) is 0 Å². The standard InChI is InChI=1S/C22H27N5/c1-5-6-12-26-13-14-27(21-18(3)15-17(2)16-19(21)4)22(26)24-25-23-20-10-8-7-9-11-20/h7-11,13-16H,5-6,12H2,1-4H3/b24-22-,25-23?. The van der Waals surface area contributed by atoms with Crippen LogP contribution in [0.1, 0.15) is 36.5 Å². The van der Waals surface area contributed by atoms with Gasteiger partial charge in [0.1, 0.15) is 0 Å². The number of aromatic nitrogens is 2. The lowest BCUT2D eigenvalue weighted by molar-refractivity contribution is 0.592. The van der Waals surface area contributed by atoms with Crippen molar-refractivity contribution in [2.75, 3.05) is 0 Å². The van der Waals surface area contributed by atoms with E-state index in [0.29, 0.717) is 0 Å². The lowest BCUT2D eigenvalue weighted by Crippen LogP contribution is -2.25. The number of nitrogens with zero attached hydrogens (tertiary/aromatic N) is 5. The molecule has 5 heteroatoms. The first kappa shape index (κ1) is 18.8. The van der Waals surface area contributed by atoms with E-state index in [0.717, 1.165) is 36.4 Å². The molecule has 0 atom stereocenters. The first-order valence-corrected chi connectivity index (χ1v) is 9.46. The Morgan fingerprint density at radius 1 is 0.926 bits per heavy atom. The van der Waals surface area contributed by atoms with E-state index >= 15 is 0 Å². The smallest absolute Gasteiger partial charge is 0.236 e. The fourth-order valence-electron chi connectivity index (χ4n) is 3.36. The molecule has 0 bridgehead atoms. The Bertz CT molecular complexity index is 970. The Morgan fingerprint density at radius 2 is 1.63 bits per heavy atom. The summed E-state index contributed by atoms with van der Waals surface area (Å²) >= 11 is 0. The minimum absolute atomic E-state index is 0.790. The summed E-state index contributed by atoms with van der Waals surface area (Å²) in [6.45, 7) is 9.51. The summed E-state index contributed by atoms with van der Waals surface area (Å²) in [6.07, 6.45) is 6.37. The summed E-state index contributed by atoms with van der Waals surface area (Å²) in [5, 5.41) is 12.8. The predicted octanol–water partition coefficient (Wildman–Crippen LogP) is 5.60. The molecule has 1 heterocycles. The van der Waals surface area contributed by atoms with Gasteiger partial charge in [0.25, 0.3) is 0 Å². The van der Waals surface area contributed by atoms with Gasteiger partial charge in [-0.05, 0) is 55.7 Å². The van der Waals surface area contributed by atoms with Gasteiger partial charge in [-0.2, -0.15) is 0 Å². The Balaban J connectivity index is 2.09. The van der Waals surface area contributed by atoms with Gasteiger partial charge in [0, 0.05) is 18.9 Å². The summed E-state index contributed by atoms with van der Waals surface area (Å²) in [4.78, 5) is 0. The average molecular weight is 361 g/mol. The molecule has 0 aliphatic carbocycles.